The highest BCUT2D eigenvalue weighted by Gasteiger charge is 2.33. The van der Waals surface area contributed by atoms with Gasteiger partial charge in [0, 0.05) is 24.4 Å². The standard InChI is InChI=1S/C17H31N3/c1-5-10-20-17(8-9-19-20)16-11-14(13(2)3)6-7-15(16)12-18-4/h8-9,13-16,18H,5-7,10-12H2,1-4H3. The first-order chi connectivity index (χ1) is 9.67. The Kier molecular flexibility index (Phi) is 5.64. The van der Waals surface area contributed by atoms with Gasteiger partial charge in [-0.05, 0) is 63.1 Å². The van der Waals surface area contributed by atoms with E-state index in [9.17, 15) is 0 Å². The van der Waals surface area contributed by atoms with Crippen LogP contribution >= 0.6 is 0 Å². The molecule has 0 spiro atoms. The second-order valence-corrected chi connectivity index (χ2v) is 6.72. The van der Waals surface area contributed by atoms with Crippen LogP contribution in [0, 0.1) is 17.8 Å². The van der Waals surface area contributed by atoms with E-state index in [1.165, 1.54) is 25.0 Å². The Morgan fingerprint density at radius 2 is 2.20 bits per heavy atom. The summed E-state index contributed by atoms with van der Waals surface area (Å²) < 4.78 is 2.25. The Bertz CT molecular complexity index is 397. The van der Waals surface area contributed by atoms with Crippen molar-refractivity contribution in [2.24, 2.45) is 17.8 Å². The van der Waals surface area contributed by atoms with Crippen molar-refractivity contribution in [3.05, 3.63) is 18.0 Å². The zero-order chi connectivity index (χ0) is 14.5. The van der Waals surface area contributed by atoms with Crippen LogP contribution in [0.4, 0.5) is 0 Å². The summed E-state index contributed by atoms with van der Waals surface area (Å²) in [6.07, 6.45) is 7.22. The van der Waals surface area contributed by atoms with Crippen molar-refractivity contribution in [2.45, 2.75) is 58.9 Å². The van der Waals surface area contributed by atoms with Crippen molar-refractivity contribution in [3.63, 3.8) is 0 Å². The molecule has 1 heterocycles. The van der Waals surface area contributed by atoms with E-state index in [0.717, 1.165) is 37.3 Å². The lowest BCUT2D eigenvalue weighted by Gasteiger charge is -2.38. The fraction of sp³-hybridized carbons (Fsp3) is 0.824. The van der Waals surface area contributed by atoms with Gasteiger partial charge in [0.1, 0.15) is 0 Å². The van der Waals surface area contributed by atoms with E-state index in [-0.39, 0.29) is 0 Å². The third-order valence-electron chi connectivity index (χ3n) is 5.01. The van der Waals surface area contributed by atoms with Crippen LogP contribution < -0.4 is 5.32 Å². The molecule has 3 heteroatoms. The van der Waals surface area contributed by atoms with E-state index in [1.54, 1.807) is 0 Å². The van der Waals surface area contributed by atoms with E-state index in [0.29, 0.717) is 5.92 Å². The largest absolute Gasteiger partial charge is 0.319 e. The van der Waals surface area contributed by atoms with Gasteiger partial charge < -0.3 is 5.32 Å². The lowest BCUT2D eigenvalue weighted by molar-refractivity contribution is 0.186. The minimum absolute atomic E-state index is 0.678. The summed E-state index contributed by atoms with van der Waals surface area (Å²) in [6, 6.07) is 2.26. The summed E-state index contributed by atoms with van der Waals surface area (Å²) in [5.74, 6) is 3.12. The normalized spacial score (nSPS) is 27.1. The maximum atomic E-state index is 4.54. The molecule has 0 aromatic carbocycles. The van der Waals surface area contributed by atoms with Crippen molar-refractivity contribution >= 4 is 0 Å². The van der Waals surface area contributed by atoms with Crippen LogP contribution in [-0.4, -0.2) is 23.4 Å². The van der Waals surface area contributed by atoms with Gasteiger partial charge >= 0.3 is 0 Å². The van der Waals surface area contributed by atoms with Crippen LogP contribution in [0.1, 0.15) is 58.1 Å². The number of nitrogens with one attached hydrogen (secondary N) is 1. The van der Waals surface area contributed by atoms with Crippen LogP contribution in [-0.2, 0) is 6.54 Å². The highest BCUT2D eigenvalue weighted by atomic mass is 15.3. The Balaban J connectivity index is 2.19. The van der Waals surface area contributed by atoms with Gasteiger partial charge in [-0.25, -0.2) is 0 Å². The minimum atomic E-state index is 0.678. The SMILES string of the molecule is CCCn1nccc1C1CC(C(C)C)CCC1CNC. The van der Waals surface area contributed by atoms with Crippen LogP contribution in [0.3, 0.4) is 0 Å². The van der Waals surface area contributed by atoms with Crippen LogP contribution in [0.15, 0.2) is 12.3 Å². The molecule has 1 aromatic heterocycles. The first kappa shape index (κ1) is 15.6. The molecular weight excluding hydrogens is 246 g/mol. The van der Waals surface area contributed by atoms with Crippen LogP contribution in [0.5, 0.6) is 0 Å². The topological polar surface area (TPSA) is 29.9 Å². The maximum absolute atomic E-state index is 4.54. The average molecular weight is 277 g/mol. The van der Waals surface area contributed by atoms with Crippen molar-refractivity contribution in [1.29, 1.82) is 0 Å². The van der Waals surface area contributed by atoms with Gasteiger partial charge in [0.25, 0.3) is 0 Å². The molecule has 1 aliphatic carbocycles. The molecule has 3 atom stereocenters. The molecule has 0 bridgehead atoms. The van der Waals surface area contributed by atoms with Gasteiger partial charge in [0.2, 0.25) is 0 Å². The third-order valence-corrected chi connectivity index (χ3v) is 5.01. The van der Waals surface area contributed by atoms with Gasteiger partial charge in [-0.2, -0.15) is 5.10 Å². The fourth-order valence-electron chi connectivity index (χ4n) is 3.80. The Hall–Kier alpha value is -0.830. The smallest absolute Gasteiger partial charge is 0.0492 e. The van der Waals surface area contributed by atoms with Gasteiger partial charge in [-0.3, -0.25) is 4.68 Å². The third kappa shape index (κ3) is 3.43. The van der Waals surface area contributed by atoms with Gasteiger partial charge in [-0.15, -0.1) is 0 Å². The Morgan fingerprint density at radius 1 is 1.40 bits per heavy atom. The summed E-state index contributed by atoms with van der Waals surface area (Å²) >= 11 is 0. The summed E-state index contributed by atoms with van der Waals surface area (Å²) in [7, 11) is 2.08. The zero-order valence-electron chi connectivity index (χ0n) is 13.6. The molecule has 0 radical (unpaired) electrons. The summed E-state index contributed by atoms with van der Waals surface area (Å²) in [5.41, 5.74) is 1.47. The molecule has 1 aliphatic rings. The van der Waals surface area contributed by atoms with E-state index >= 15 is 0 Å². The van der Waals surface area contributed by atoms with Crippen LogP contribution in [0.2, 0.25) is 0 Å². The quantitative estimate of drug-likeness (QED) is 0.860. The van der Waals surface area contributed by atoms with Gasteiger partial charge in [-0.1, -0.05) is 20.8 Å². The molecule has 114 valence electrons. The second-order valence-electron chi connectivity index (χ2n) is 6.72. The molecule has 1 N–H and O–H groups in total. The Morgan fingerprint density at radius 3 is 2.85 bits per heavy atom. The van der Waals surface area contributed by atoms with Crippen LogP contribution in [0.25, 0.3) is 0 Å². The van der Waals surface area contributed by atoms with E-state index in [2.05, 4.69) is 49.0 Å². The Labute approximate surface area is 124 Å². The lowest BCUT2D eigenvalue weighted by atomic mass is 9.69. The fourth-order valence-corrected chi connectivity index (χ4v) is 3.80. The predicted octanol–water partition coefficient (Wildman–Crippen LogP) is 3.67. The highest BCUT2D eigenvalue weighted by Crippen LogP contribution is 2.42. The van der Waals surface area contributed by atoms with Gasteiger partial charge in [0.15, 0.2) is 0 Å². The lowest BCUT2D eigenvalue weighted by Crippen LogP contribution is -2.33. The minimum Gasteiger partial charge on any atom is -0.319 e. The molecule has 2 rings (SSSR count). The van der Waals surface area contributed by atoms with Crippen molar-refractivity contribution in [2.75, 3.05) is 13.6 Å². The molecule has 1 saturated carbocycles. The number of nitrogens with zero attached hydrogens (tertiary/aromatic N) is 2. The molecule has 0 saturated heterocycles. The summed E-state index contributed by atoms with van der Waals surface area (Å²) in [5, 5.41) is 7.94. The van der Waals surface area contributed by atoms with E-state index in [4.69, 9.17) is 0 Å². The number of hydrogen-bond donors (Lipinski definition) is 1. The first-order valence-corrected chi connectivity index (χ1v) is 8.33. The highest BCUT2D eigenvalue weighted by molar-refractivity contribution is 5.12. The zero-order valence-corrected chi connectivity index (χ0v) is 13.6. The average Bonchev–Trinajstić information content (AvgIpc) is 2.88. The molecule has 1 fully saturated rings. The molecule has 3 unspecified atom stereocenters. The van der Waals surface area contributed by atoms with Crippen molar-refractivity contribution in [1.82, 2.24) is 15.1 Å². The van der Waals surface area contributed by atoms with Crippen molar-refractivity contribution < 1.29 is 0 Å². The molecule has 1 aromatic rings. The number of hydrogen-bond acceptors (Lipinski definition) is 2. The molecule has 0 aliphatic heterocycles. The molecule has 3 nitrogen and oxygen atoms in total. The maximum Gasteiger partial charge on any atom is 0.0492 e. The van der Waals surface area contributed by atoms with E-state index < -0.39 is 0 Å². The number of aromatic nitrogens is 2. The van der Waals surface area contributed by atoms with E-state index in [1.807, 2.05) is 6.20 Å². The summed E-state index contributed by atoms with van der Waals surface area (Å²) in [4.78, 5) is 0. The number of aryl methyl sites for hydroxylation is 1. The molecular formula is C17H31N3. The van der Waals surface area contributed by atoms with Crippen molar-refractivity contribution in [3.8, 4) is 0 Å². The number of rotatable bonds is 6. The molecule has 0 amide bonds. The molecule has 20 heavy (non-hydrogen) atoms. The summed E-state index contributed by atoms with van der Waals surface area (Å²) in [6.45, 7) is 9.17. The predicted molar refractivity (Wildman–Crippen MR) is 84.9 cm³/mol. The first-order valence-electron chi connectivity index (χ1n) is 8.33. The second kappa shape index (κ2) is 7.26. The monoisotopic (exact) mass is 277 g/mol. The van der Waals surface area contributed by atoms with Gasteiger partial charge in [0.05, 0.1) is 0 Å².